The topological polar surface area (TPSA) is 41.2 Å². The van der Waals surface area contributed by atoms with Gasteiger partial charge in [-0.1, -0.05) is 37.6 Å². The van der Waals surface area contributed by atoms with Crippen LogP contribution in [0.2, 0.25) is 0 Å². The first-order chi connectivity index (χ1) is 11.5. The molecular formula is C20H27N3O. The van der Waals surface area contributed by atoms with E-state index in [0.29, 0.717) is 18.1 Å². The quantitative estimate of drug-likeness (QED) is 0.933. The first-order valence-corrected chi connectivity index (χ1v) is 8.89. The van der Waals surface area contributed by atoms with E-state index >= 15 is 0 Å². The van der Waals surface area contributed by atoms with Crippen LogP contribution in [0.15, 0.2) is 30.5 Å². The molecule has 1 aliphatic carbocycles. The largest absolute Gasteiger partial charge is 0.377 e. The second kappa shape index (κ2) is 5.71. The van der Waals surface area contributed by atoms with Crippen LogP contribution in [-0.2, 0) is 11.3 Å². The maximum absolute atomic E-state index is 5.94. The molecule has 0 bridgehead atoms. The van der Waals surface area contributed by atoms with Crippen molar-refractivity contribution in [3.63, 3.8) is 0 Å². The predicted molar refractivity (Wildman–Crippen MR) is 95.6 cm³/mol. The molecule has 4 rings (SSSR count). The molecule has 4 nitrogen and oxygen atoms in total. The van der Waals surface area contributed by atoms with Crippen molar-refractivity contribution >= 4 is 0 Å². The highest BCUT2D eigenvalue weighted by atomic mass is 16.5. The average molecular weight is 325 g/mol. The Hall–Kier alpha value is -1.65. The molecule has 1 saturated carbocycles. The number of hydrogen-bond acceptors (Lipinski definition) is 3. The number of H-pyrrole nitrogens is 1. The number of aromatic amines is 1. The minimum absolute atomic E-state index is 0.225. The van der Waals surface area contributed by atoms with Crippen LogP contribution in [0.3, 0.4) is 0 Å². The van der Waals surface area contributed by atoms with Gasteiger partial charge in [-0.15, -0.1) is 0 Å². The van der Waals surface area contributed by atoms with Gasteiger partial charge in [0.25, 0.3) is 0 Å². The minimum atomic E-state index is 0.225. The maximum Gasteiger partial charge on any atom is 0.0695 e. The van der Waals surface area contributed by atoms with E-state index in [9.17, 15) is 0 Å². The first kappa shape index (κ1) is 15.9. The third-order valence-electron chi connectivity index (χ3n) is 5.96. The van der Waals surface area contributed by atoms with E-state index in [2.05, 4.69) is 67.2 Å². The molecule has 2 fully saturated rings. The van der Waals surface area contributed by atoms with Gasteiger partial charge in [0.05, 0.1) is 18.0 Å². The van der Waals surface area contributed by atoms with Gasteiger partial charge in [-0.3, -0.25) is 10.00 Å². The molecule has 4 heteroatoms. The molecule has 128 valence electrons. The van der Waals surface area contributed by atoms with Crippen LogP contribution < -0.4 is 0 Å². The van der Waals surface area contributed by atoms with E-state index in [1.54, 1.807) is 0 Å². The third kappa shape index (κ3) is 2.40. The molecule has 0 radical (unpaired) electrons. The number of aromatic nitrogens is 2. The molecule has 24 heavy (non-hydrogen) atoms. The molecule has 0 unspecified atom stereocenters. The molecule has 2 aliphatic rings. The number of nitrogens with one attached hydrogen (secondary N) is 1. The van der Waals surface area contributed by atoms with E-state index in [1.807, 2.05) is 6.20 Å². The minimum Gasteiger partial charge on any atom is -0.377 e. The normalized spacial score (nSPS) is 28.0. The van der Waals surface area contributed by atoms with Crippen molar-refractivity contribution in [2.45, 2.75) is 45.9 Å². The highest BCUT2D eigenvalue weighted by molar-refractivity contribution is 5.63. The Labute approximate surface area is 144 Å². The Balaban J connectivity index is 1.55. The van der Waals surface area contributed by atoms with Gasteiger partial charge in [-0.05, 0) is 26.5 Å². The lowest BCUT2D eigenvalue weighted by molar-refractivity contribution is -0.151. The van der Waals surface area contributed by atoms with Crippen molar-refractivity contribution in [1.82, 2.24) is 15.1 Å². The van der Waals surface area contributed by atoms with Gasteiger partial charge in [-0.2, -0.15) is 5.10 Å². The van der Waals surface area contributed by atoms with E-state index in [-0.39, 0.29) is 5.41 Å². The van der Waals surface area contributed by atoms with Crippen molar-refractivity contribution in [2.75, 3.05) is 13.7 Å². The van der Waals surface area contributed by atoms with Gasteiger partial charge in [-0.25, -0.2) is 0 Å². The molecule has 1 aromatic heterocycles. The van der Waals surface area contributed by atoms with E-state index < -0.39 is 0 Å². The number of rotatable bonds is 4. The summed E-state index contributed by atoms with van der Waals surface area (Å²) in [5, 5.41) is 7.51. The zero-order valence-electron chi connectivity index (χ0n) is 15.0. The summed E-state index contributed by atoms with van der Waals surface area (Å²) in [5.74, 6) is 0.680. The lowest BCUT2D eigenvalue weighted by Crippen LogP contribution is -2.65. The van der Waals surface area contributed by atoms with Crippen LogP contribution in [0.4, 0.5) is 0 Å². The summed E-state index contributed by atoms with van der Waals surface area (Å²) in [5.41, 5.74) is 5.12. The first-order valence-electron chi connectivity index (χ1n) is 8.89. The predicted octanol–water partition coefficient (Wildman–Crippen LogP) is 3.63. The summed E-state index contributed by atoms with van der Waals surface area (Å²) >= 11 is 0. The lowest BCUT2D eigenvalue weighted by atomic mass is 9.57. The van der Waals surface area contributed by atoms with Gasteiger partial charge in [0.15, 0.2) is 0 Å². The number of nitrogens with zero attached hydrogens (tertiary/aromatic N) is 2. The molecule has 0 spiro atoms. The van der Waals surface area contributed by atoms with Crippen molar-refractivity contribution < 1.29 is 4.74 Å². The summed E-state index contributed by atoms with van der Waals surface area (Å²) in [6, 6.07) is 9.17. The summed E-state index contributed by atoms with van der Waals surface area (Å²) in [6.45, 7) is 8.65. The summed E-state index contributed by atoms with van der Waals surface area (Å²) in [6.07, 6.45) is 3.60. The Morgan fingerprint density at radius 2 is 2.21 bits per heavy atom. The third-order valence-corrected chi connectivity index (χ3v) is 5.96. The second-order valence-electron chi connectivity index (χ2n) is 8.06. The molecule has 3 atom stereocenters. The van der Waals surface area contributed by atoms with Crippen molar-refractivity contribution in [1.29, 1.82) is 0 Å². The summed E-state index contributed by atoms with van der Waals surface area (Å²) in [4.78, 5) is 2.50. The smallest absolute Gasteiger partial charge is 0.0695 e. The lowest BCUT2D eigenvalue weighted by Gasteiger charge is -2.58. The fourth-order valence-electron chi connectivity index (χ4n) is 5.04. The van der Waals surface area contributed by atoms with Gasteiger partial charge in [0, 0.05) is 41.7 Å². The van der Waals surface area contributed by atoms with Gasteiger partial charge in [0.1, 0.15) is 0 Å². The van der Waals surface area contributed by atoms with Crippen molar-refractivity contribution in [3.05, 3.63) is 41.6 Å². The molecule has 2 aromatic rings. The molecular weight excluding hydrogens is 298 g/mol. The SMILES string of the molecule is Cc1cccc(-c2[nH]ncc2CN(C)[C@@H]2[C@H]3CCO[C@H]3C2(C)C)c1. The molecule has 1 saturated heterocycles. The number of benzene rings is 1. The zero-order valence-corrected chi connectivity index (χ0v) is 15.0. The van der Waals surface area contributed by atoms with E-state index in [4.69, 9.17) is 4.74 Å². The van der Waals surface area contributed by atoms with Crippen LogP contribution in [0.1, 0.15) is 31.4 Å². The van der Waals surface area contributed by atoms with Crippen LogP contribution in [0.5, 0.6) is 0 Å². The number of hydrogen-bond donors (Lipinski definition) is 1. The van der Waals surface area contributed by atoms with Crippen LogP contribution in [-0.4, -0.2) is 40.9 Å². The fourth-order valence-corrected chi connectivity index (χ4v) is 5.04. The average Bonchev–Trinajstić information content (AvgIpc) is 3.15. The number of fused-ring (bicyclic) bond motifs is 1. The molecule has 1 aliphatic heterocycles. The molecule has 1 N–H and O–H groups in total. The standard InChI is InChI=1S/C20H27N3O/c1-13-6-5-7-14(10-13)17-15(11-21-22-17)12-23(4)18-16-8-9-24-19(16)20(18,2)3/h5-7,10-11,16,18-19H,8-9,12H2,1-4H3,(H,21,22)/t16-,18-,19-/m1/s1. The Kier molecular flexibility index (Phi) is 3.77. The van der Waals surface area contributed by atoms with Crippen LogP contribution in [0.25, 0.3) is 11.3 Å². The summed E-state index contributed by atoms with van der Waals surface area (Å²) in [7, 11) is 2.24. The Morgan fingerprint density at radius 1 is 1.38 bits per heavy atom. The molecule has 2 heterocycles. The monoisotopic (exact) mass is 325 g/mol. The van der Waals surface area contributed by atoms with E-state index in [1.165, 1.54) is 23.1 Å². The molecule has 1 aromatic carbocycles. The van der Waals surface area contributed by atoms with Gasteiger partial charge >= 0.3 is 0 Å². The highest BCUT2D eigenvalue weighted by Gasteiger charge is 2.60. The summed E-state index contributed by atoms with van der Waals surface area (Å²) < 4.78 is 5.94. The van der Waals surface area contributed by atoms with Crippen LogP contribution >= 0.6 is 0 Å². The van der Waals surface area contributed by atoms with Crippen molar-refractivity contribution in [3.8, 4) is 11.3 Å². The van der Waals surface area contributed by atoms with Crippen molar-refractivity contribution in [2.24, 2.45) is 11.3 Å². The van der Waals surface area contributed by atoms with E-state index in [0.717, 1.165) is 18.8 Å². The maximum atomic E-state index is 5.94. The number of ether oxygens (including phenoxy) is 1. The van der Waals surface area contributed by atoms with Gasteiger partial charge < -0.3 is 4.74 Å². The second-order valence-corrected chi connectivity index (χ2v) is 8.06. The zero-order chi connectivity index (χ0) is 16.9. The fraction of sp³-hybridized carbons (Fsp3) is 0.550. The Bertz CT molecular complexity index is 736. The van der Waals surface area contributed by atoms with Gasteiger partial charge in [0.2, 0.25) is 0 Å². The molecule has 0 amide bonds. The number of aryl methyl sites for hydroxylation is 1. The Morgan fingerprint density at radius 3 is 3.00 bits per heavy atom. The van der Waals surface area contributed by atoms with Crippen LogP contribution in [0, 0.1) is 18.3 Å². The highest BCUT2D eigenvalue weighted by Crippen LogP contribution is 2.54.